The van der Waals surface area contributed by atoms with E-state index in [0.717, 1.165) is 10.2 Å². The van der Waals surface area contributed by atoms with Crippen molar-refractivity contribution < 1.29 is 9.59 Å². The third-order valence-electron chi connectivity index (χ3n) is 2.98. The van der Waals surface area contributed by atoms with E-state index in [-0.39, 0.29) is 18.4 Å². The van der Waals surface area contributed by atoms with Gasteiger partial charge in [-0.3, -0.25) is 9.59 Å². The number of nitrogens with zero attached hydrogens (tertiary/aromatic N) is 2. The van der Waals surface area contributed by atoms with E-state index in [4.69, 9.17) is 5.73 Å². The van der Waals surface area contributed by atoms with Crippen molar-refractivity contribution in [2.24, 2.45) is 0 Å². The van der Waals surface area contributed by atoms with Gasteiger partial charge >= 0.3 is 0 Å². The van der Waals surface area contributed by atoms with Crippen molar-refractivity contribution in [2.75, 3.05) is 25.4 Å². The van der Waals surface area contributed by atoms with Gasteiger partial charge in [-0.25, -0.2) is 4.98 Å². The first kappa shape index (κ1) is 11.9. The summed E-state index contributed by atoms with van der Waals surface area (Å²) < 4.78 is 0.879. The average Bonchev–Trinajstić information content (AvgIpc) is 2.76. The number of hydrogen-bond acceptors (Lipinski definition) is 5. The van der Waals surface area contributed by atoms with E-state index < -0.39 is 0 Å². The number of benzene rings is 1. The molecular weight excluding hydrogens is 264 g/mol. The molecule has 2 heterocycles. The minimum absolute atomic E-state index is 0.113. The Morgan fingerprint density at radius 2 is 2.32 bits per heavy atom. The highest BCUT2D eigenvalue weighted by Crippen LogP contribution is 2.25. The fraction of sp³-hybridized carbons (Fsp3) is 0.250. The van der Waals surface area contributed by atoms with Crippen LogP contribution in [0.2, 0.25) is 0 Å². The van der Waals surface area contributed by atoms with Gasteiger partial charge in [-0.15, -0.1) is 0 Å². The number of rotatable bonds is 1. The Labute approximate surface area is 113 Å². The largest absolute Gasteiger partial charge is 0.375 e. The zero-order chi connectivity index (χ0) is 13.4. The normalized spacial score (nSPS) is 15.6. The molecule has 98 valence electrons. The first-order chi connectivity index (χ1) is 9.13. The smallest absolute Gasteiger partial charge is 0.254 e. The van der Waals surface area contributed by atoms with Crippen molar-refractivity contribution >= 4 is 38.5 Å². The molecule has 3 N–H and O–H groups in total. The van der Waals surface area contributed by atoms with Gasteiger partial charge in [-0.2, -0.15) is 0 Å². The van der Waals surface area contributed by atoms with E-state index in [0.29, 0.717) is 23.8 Å². The molecule has 19 heavy (non-hydrogen) atoms. The van der Waals surface area contributed by atoms with Gasteiger partial charge in [0.2, 0.25) is 5.91 Å². The SMILES string of the molecule is Nc1nc2ccc(C(=O)N3CCNC(=O)C3)cc2s1. The first-order valence-electron chi connectivity index (χ1n) is 5.85. The molecule has 7 heteroatoms. The highest BCUT2D eigenvalue weighted by molar-refractivity contribution is 7.22. The zero-order valence-corrected chi connectivity index (χ0v) is 10.9. The van der Waals surface area contributed by atoms with Crippen LogP contribution in [-0.2, 0) is 4.79 Å². The topological polar surface area (TPSA) is 88.3 Å². The molecule has 3 rings (SSSR count). The molecular formula is C12H12N4O2S. The Kier molecular flexibility index (Phi) is 2.83. The van der Waals surface area contributed by atoms with Crippen LogP contribution >= 0.6 is 11.3 Å². The Balaban J connectivity index is 1.90. The number of anilines is 1. The van der Waals surface area contributed by atoms with Crippen LogP contribution in [0.15, 0.2) is 18.2 Å². The number of carbonyl (C=O) groups is 2. The Bertz CT molecular complexity index is 667. The standard InChI is InChI=1S/C12H12N4O2S/c13-12-15-8-2-1-7(5-9(8)19-12)11(18)16-4-3-14-10(17)6-16/h1-2,5H,3-4,6H2,(H2,13,15)(H,14,17). The fourth-order valence-corrected chi connectivity index (χ4v) is 2.84. The van der Waals surface area contributed by atoms with Crippen LogP contribution in [0.1, 0.15) is 10.4 Å². The summed E-state index contributed by atoms with van der Waals surface area (Å²) in [5.41, 5.74) is 6.99. The summed E-state index contributed by atoms with van der Waals surface area (Å²) in [4.78, 5) is 29.3. The predicted molar refractivity (Wildman–Crippen MR) is 72.9 cm³/mol. The number of nitrogens with two attached hydrogens (primary N) is 1. The number of nitrogens with one attached hydrogen (secondary N) is 1. The second-order valence-corrected chi connectivity index (χ2v) is 5.37. The van der Waals surface area contributed by atoms with Gasteiger partial charge in [0.25, 0.3) is 5.91 Å². The fourth-order valence-electron chi connectivity index (χ4n) is 2.07. The van der Waals surface area contributed by atoms with Crippen molar-refractivity contribution in [1.82, 2.24) is 15.2 Å². The first-order valence-corrected chi connectivity index (χ1v) is 6.67. The van der Waals surface area contributed by atoms with Gasteiger partial charge in [-0.1, -0.05) is 11.3 Å². The third kappa shape index (κ3) is 2.24. The van der Waals surface area contributed by atoms with Crippen LogP contribution in [0.4, 0.5) is 5.13 Å². The van der Waals surface area contributed by atoms with Crippen LogP contribution in [-0.4, -0.2) is 41.3 Å². The monoisotopic (exact) mass is 276 g/mol. The lowest BCUT2D eigenvalue weighted by Gasteiger charge is -2.26. The Hall–Kier alpha value is -2.15. The molecule has 0 radical (unpaired) electrons. The van der Waals surface area contributed by atoms with E-state index >= 15 is 0 Å². The van der Waals surface area contributed by atoms with Crippen molar-refractivity contribution in [3.8, 4) is 0 Å². The van der Waals surface area contributed by atoms with Crippen molar-refractivity contribution in [3.05, 3.63) is 23.8 Å². The van der Waals surface area contributed by atoms with E-state index in [1.807, 2.05) is 0 Å². The molecule has 1 aliphatic heterocycles. The molecule has 1 aromatic carbocycles. The Morgan fingerprint density at radius 1 is 1.47 bits per heavy atom. The van der Waals surface area contributed by atoms with Gasteiger partial charge in [0, 0.05) is 18.7 Å². The molecule has 6 nitrogen and oxygen atoms in total. The molecule has 1 aliphatic rings. The molecule has 1 aromatic heterocycles. The number of carbonyl (C=O) groups excluding carboxylic acids is 2. The summed E-state index contributed by atoms with van der Waals surface area (Å²) in [6.45, 7) is 1.15. The molecule has 0 bridgehead atoms. The highest BCUT2D eigenvalue weighted by Gasteiger charge is 2.22. The number of thiazole rings is 1. The molecule has 2 amide bonds. The molecule has 0 aliphatic carbocycles. The second-order valence-electron chi connectivity index (χ2n) is 4.31. The van der Waals surface area contributed by atoms with Crippen molar-refractivity contribution in [3.63, 3.8) is 0 Å². The lowest BCUT2D eigenvalue weighted by molar-refractivity contribution is -0.123. The van der Waals surface area contributed by atoms with Crippen LogP contribution < -0.4 is 11.1 Å². The van der Waals surface area contributed by atoms with E-state index in [9.17, 15) is 9.59 Å². The average molecular weight is 276 g/mol. The van der Waals surface area contributed by atoms with Gasteiger partial charge < -0.3 is 16.0 Å². The van der Waals surface area contributed by atoms with E-state index in [1.54, 1.807) is 23.1 Å². The lowest BCUT2D eigenvalue weighted by Crippen LogP contribution is -2.49. The number of aromatic nitrogens is 1. The summed E-state index contributed by atoms with van der Waals surface area (Å²) in [5, 5.41) is 3.18. The van der Waals surface area contributed by atoms with Gasteiger partial charge in [0.1, 0.15) is 0 Å². The van der Waals surface area contributed by atoms with Gasteiger partial charge in [0.05, 0.1) is 16.8 Å². The lowest BCUT2D eigenvalue weighted by atomic mass is 10.1. The summed E-state index contributed by atoms with van der Waals surface area (Å²) in [6, 6.07) is 5.27. The molecule has 0 spiro atoms. The van der Waals surface area contributed by atoms with Crippen molar-refractivity contribution in [1.29, 1.82) is 0 Å². The number of amides is 2. The van der Waals surface area contributed by atoms with E-state index in [1.165, 1.54) is 11.3 Å². The zero-order valence-electron chi connectivity index (χ0n) is 10.0. The Morgan fingerprint density at radius 3 is 3.11 bits per heavy atom. The van der Waals surface area contributed by atoms with Crippen LogP contribution in [0.3, 0.4) is 0 Å². The molecule has 1 fully saturated rings. The summed E-state index contributed by atoms with van der Waals surface area (Å²) in [7, 11) is 0. The highest BCUT2D eigenvalue weighted by atomic mass is 32.1. The maximum atomic E-state index is 12.3. The molecule has 0 unspecified atom stereocenters. The summed E-state index contributed by atoms with van der Waals surface area (Å²) in [5.74, 6) is -0.258. The summed E-state index contributed by atoms with van der Waals surface area (Å²) in [6.07, 6.45) is 0. The number of hydrogen-bond donors (Lipinski definition) is 2. The van der Waals surface area contributed by atoms with Gasteiger partial charge in [0.15, 0.2) is 5.13 Å². The van der Waals surface area contributed by atoms with E-state index in [2.05, 4.69) is 10.3 Å². The minimum Gasteiger partial charge on any atom is -0.375 e. The minimum atomic E-state index is -0.135. The molecule has 0 saturated carbocycles. The van der Waals surface area contributed by atoms with Crippen molar-refractivity contribution in [2.45, 2.75) is 0 Å². The van der Waals surface area contributed by atoms with Crippen LogP contribution in [0.25, 0.3) is 10.2 Å². The molecule has 2 aromatic rings. The maximum absolute atomic E-state index is 12.3. The molecule has 1 saturated heterocycles. The molecule has 0 atom stereocenters. The predicted octanol–water partition coefficient (Wildman–Crippen LogP) is 0.451. The third-order valence-corrected chi connectivity index (χ3v) is 3.82. The number of nitrogen functional groups attached to an aromatic ring is 1. The number of fused-ring (bicyclic) bond motifs is 1. The van der Waals surface area contributed by atoms with Crippen LogP contribution in [0, 0.1) is 0 Å². The van der Waals surface area contributed by atoms with Crippen LogP contribution in [0.5, 0.6) is 0 Å². The summed E-state index contributed by atoms with van der Waals surface area (Å²) >= 11 is 1.35. The maximum Gasteiger partial charge on any atom is 0.254 e. The quantitative estimate of drug-likeness (QED) is 0.791. The number of piperazine rings is 1. The van der Waals surface area contributed by atoms with Gasteiger partial charge in [-0.05, 0) is 18.2 Å². The second kappa shape index (κ2) is 4.51.